The van der Waals surface area contributed by atoms with Crippen molar-refractivity contribution in [3.05, 3.63) is 47.9 Å². The van der Waals surface area contributed by atoms with Crippen molar-refractivity contribution in [1.82, 2.24) is 9.97 Å². The van der Waals surface area contributed by atoms with Crippen LogP contribution >= 0.6 is 0 Å². The van der Waals surface area contributed by atoms with Crippen molar-refractivity contribution in [2.24, 2.45) is 0 Å². The zero-order valence-corrected chi connectivity index (χ0v) is 10.9. The molecular weight excluding hydrogens is 234 g/mol. The van der Waals surface area contributed by atoms with Gasteiger partial charge in [0.2, 0.25) is 0 Å². The summed E-state index contributed by atoms with van der Waals surface area (Å²) >= 11 is 0. The lowest BCUT2D eigenvalue weighted by Gasteiger charge is -2.07. The van der Waals surface area contributed by atoms with Crippen LogP contribution in [0.5, 0.6) is 0 Å². The second-order valence-corrected chi connectivity index (χ2v) is 5.01. The Morgan fingerprint density at radius 3 is 2.53 bits per heavy atom. The summed E-state index contributed by atoms with van der Waals surface area (Å²) in [6.45, 7) is 2.14. The SMILES string of the molecule is CCc1ccc(-c2ccnc(C3(C#N)CC3)n2)cc1. The molecule has 1 fully saturated rings. The highest BCUT2D eigenvalue weighted by Gasteiger charge is 2.47. The number of hydrogen-bond donors (Lipinski definition) is 0. The molecule has 1 aliphatic rings. The lowest BCUT2D eigenvalue weighted by Crippen LogP contribution is -2.09. The van der Waals surface area contributed by atoms with Gasteiger partial charge in [0.1, 0.15) is 11.2 Å². The smallest absolute Gasteiger partial charge is 0.149 e. The molecule has 3 nitrogen and oxygen atoms in total. The van der Waals surface area contributed by atoms with Gasteiger partial charge < -0.3 is 0 Å². The minimum Gasteiger partial charge on any atom is -0.240 e. The number of rotatable bonds is 3. The second kappa shape index (κ2) is 4.47. The molecule has 0 unspecified atom stereocenters. The first-order valence-corrected chi connectivity index (χ1v) is 6.61. The highest BCUT2D eigenvalue weighted by Crippen LogP contribution is 2.45. The van der Waals surface area contributed by atoms with E-state index >= 15 is 0 Å². The minimum absolute atomic E-state index is 0.417. The van der Waals surface area contributed by atoms with E-state index in [-0.39, 0.29) is 0 Å². The average molecular weight is 249 g/mol. The minimum atomic E-state index is -0.417. The lowest BCUT2D eigenvalue weighted by molar-refractivity contribution is 0.799. The summed E-state index contributed by atoms with van der Waals surface area (Å²) in [5, 5.41) is 9.21. The van der Waals surface area contributed by atoms with Crippen molar-refractivity contribution >= 4 is 0 Å². The van der Waals surface area contributed by atoms with Crippen LogP contribution in [-0.2, 0) is 11.8 Å². The summed E-state index contributed by atoms with van der Waals surface area (Å²) in [5.41, 5.74) is 2.87. The molecule has 0 amide bonds. The number of nitrogens with zero attached hydrogens (tertiary/aromatic N) is 3. The molecule has 1 aliphatic carbocycles. The summed E-state index contributed by atoms with van der Waals surface area (Å²) in [5.74, 6) is 0.673. The van der Waals surface area contributed by atoms with Gasteiger partial charge in [-0.15, -0.1) is 0 Å². The van der Waals surface area contributed by atoms with E-state index in [0.717, 1.165) is 30.5 Å². The number of nitriles is 1. The van der Waals surface area contributed by atoms with Gasteiger partial charge in [0, 0.05) is 11.8 Å². The number of aryl methyl sites for hydroxylation is 1. The molecule has 94 valence electrons. The molecule has 0 bridgehead atoms. The third kappa shape index (κ3) is 2.10. The third-order valence-electron chi connectivity index (χ3n) is 3.71. The Morgan fingerprint density at radius 1 is 1.21 bits per heavy atom. The first kappa shape index (κ1) is 11.9. The van der Waals surface area contributed by atoms with E-state index in [0.29, 0.717) is 5.82 Å². The van der Waals surface area contributed by atoms with E-state index in [2.05, 4.69) is 47.2 Å². The molecule has 1 saturated carbocycles. The molecule has 0 saturated heterocycles. The normalized spacial score (nSPS) is 15.8. The van der Waals surface area contributed by atoms with Crippen LogP contribution in [0.15, 0.2) is 36.5 Å². The predicted molar refractivity (Wildman–Crippen MR) is 73.4 cm³/mol. The molecule has 0 radical (unpaired) electrons. The van der Waals surface area contributed by atoms with Gasteiger partial charge in [-0.2, -0.15) is 5.26 Å². The Hall–Kier alpha value is -2.21. The largest absolute Gasteiger partial charge is 0.240 e. The van der Waals surface area contributed by atoms with E-state index in [1.807, 2.05) is 6.07 Å². The quantitative estimate of drug-likeness (QED) is 0.838. The van der Waals surface area contributed by atoms with Crippen LogP contribution in [0.4, 0.5) is 0 Å². The van der Waals surface area contributed by atoms with Crippen molar-refractivity contribution in [2.75, 3.05) is 0 Å². The lowest BCUT2D eigenvalue weighted by atomic mass is 10.1. The van der Waals surface area contributed by atoms with Crippen LogP contribution < -0.4 is 0 Å². The maximum atomic E-state index is 9.21. The van der Waals surface area contributed by atoms with Crippen molar-refractivity contribution < 1.29 is 0 Å². The van der Waals surface area contributed by atoms with E-state index in [9.17, 15) is 5.26 Å². The molecule has 1 aromatic heterocycles. The van der Waals surface area contributed by atoms with Gasteiger partial charge in [-0.05, 0) is 30.9 Å². The van der Waals surface area contributed by atoms with Crippen LogP contribution in [0.3, 0.4) is 0 Å². The maximum Gasteiger partial charge on any atom is 0.149 e. The highest BCUT2D eigenvalue weighted by molar-refractivity contribution is 5.59. The van der Waals surface area contributed by atoms with E-state index < -0.39 is 5.41 Å². The van der Waals surface area contributed by atoms with Gasteiger partial charge in [0.05, 0.1) is 11.8 Å². The van der Waals surface area contributed by atoms with Crippen LogP contribution in [-0.4, -0.2) is 9.97 Å². The summed E-state index contributed by atoms with van der Waals surface area (Å²) in [4.78, 5) is 8.84. The molecule has 0 spiro atoms. The fourth-order valence-electron chi connectivity index (χ4n) is 2.17. The molecule has 0 atom stereocenters. The zero-order valence-electron chi connectivity index (χ0n) is 10.9. The molecule has 1 aromatic carbocycles. The zero-order chi connectivity index (χ0) is 13.3. The van der Waals surface area contributed by atoms with Crippen LogP contribution in [0.1, 0.15) is 31.2 Å². The summed E-state index contributed by atoms with van der Waals surface area (Å²) < 4.78 is 0. The number of hydrogen-bond acceptors (Lipinski definition) is 3. The molecule has 2 aromatic rings. The molecule has 0 N–H and O–H groups in total. The Morgan fingerprint density at radius 2 is 1.95 bits per heavy atom. The van der Waals surface area contributed by atoms with Gasteiger partial charge in [0.15, 0.2) is 0 Å². The van der Waals surface area contributed by atoms with Crippen LogP contribution in [0.2, 0.25) is 0 Å². The van der Waals surface area contributed by atoms with Gasteiger partial charge in [0.25, 0.3) is 0 Å². The molecular formula is C16H15N3. The predicted octanol–water partition coefficient (Wildman–Crippen LogP) is 3.26. The molecule has 19 heavy (non-hydrogen) atoms. The number of aromatic nitrogens is 2. The molecule has 3 heteroatoms. The second-order valence-electron chi connectivity index (χ2n) is 5.01. The van der Waals surface area contributed by atoms with Crippen LogP contribution in [0.25, 0.3) is 11.3 Å². The van der Waals surface area contributed by atoms with E-state index in [4.69, 9.17) is 0 Å². The van der Waals surface area contributed by atoms with Crippen molar-refractivity contribution in [3.8, 4) is 17.3 Å². The molecule has 1 heterocycles. The monoisotopic (exact) mass is 249 g/mol. The summed E-state index contributed by atoms with van der Waals surface area (Å²) in [6.07, 6.45) is 4.54. The van der Waals surface area contributed by atoms with Crippen LogP contribution in [0, 0.1) is 11.3 Å². The van der Waals surface area contributed by atoms with Crippen molar-refractivity contribution in [3.63, 3.8) is 0 Å². The topological polar surface area (TPSA) is 49.6 Å². The first-order valence-electron chi connectivity index (χ1n) is 6.61. The van der Waals surface area contributed by atoms with Gasteiger partial charge in [-0.3, -0.25) is 0 Å². The third-order valence-corrected chi connectivity index (χ3v) is 3.71. The maximum absolute atomic E-state index is 9.21. The Bertz CT molecular complexity index is 634. The Labute approximate surface area is 113 Å². The average Bonchev–Trinajstić information content (AvgIpc) is 3.29. The van der Waals surface area contributed by atoms with Crippen molar-refractivity contribution in [1.29, 1.82) is 5.26 Å². The fourth-order valence-corrected chi connectivity index (χ4v) is 2.17. The summed E-state index contributed by atoms with van der Waals surface area (Å²) in [6, 6.07) is 12.6. The number of benzene rings is 1. The molecule has 0 aliphatic heterocycles. The molecule has 3 rings (SSSR count). The van der Waals surface area contributed by atoms with Crippen molar-refractivity contribution in [2.45, 2.75) is 31.6 Å². The van der Waals surface area contributed by atoms with Gasteiger partial charge in [-0.25, -0.2) is 9.97 Å². The van der Waals surface area contributed by atoms with Gasteiger partial charge >= 0.3 is 0 Å². The Kier molecular flexibility index (Phi) is 2.79. The standard InChI is InChI=1S/C16H15N3/c1-2-12-3-5-13(6-4-12)14-7-10-18-15(19-14)16(11-17)8-9-16/h3-7,10H,2,8-9H2,1H3. The highest BCUT2D eigenvalue weighted by atomic mass is 14.9. The summed E-state index contributed by atoms with van der Waals surface area (Å²) in [7, 11) is 0. The first-order chi connectivity index (χ1) is 9.27. The van der Waals surface area contributed by atoms with E-state index in [1.165, 1.54) is 5.56 Å². The van der Waals surface area contributed by atoms with E-state index in [1.54, 1.807) is 6.20 Å². The van der Waals surface area contributed by atoms with Gasteiger partial charge in [-0.1, -0.05) is 31.2 Å². The Balaban J connectivity index is 1.97. The fraction of sp³-hybridized carbons (Fsp3) is 0.312.